The fourth-order valence-corrected chi connectivity index (χ4v) is 6.18. The van der Waals surface area contributed by atoms with E-state index in [1.807, 2.05) is 12.1 Å². The lowest BCUT2D eigenvalue weighted by atomic mass is 9.95. The summed E-state index contributed by atoms with van der Waals surface area (Å²) >= 11 is 0. The molecule has 0 unspecified atom stereocenters. The first-order valence-electron chi connectivity index (χ1n) is 10.5. The molecule has 4 rings (SSSR count). The van der Waals surface area contributed by atoms with E-state index in [4.69, 9.17) is 0 Å². The van der Waals surface area contributed by atoms with Crippen molar-refractivity contribution in [2.75, 3.05) is 39.3 Å². The molecule has 2 aliphatic heterocycles. The Hall–Kier alpha value is -1.93. The molecule has 0 N–H and O–H groups in total. The first-order chi connectivity index (χ1) is 13.9. The minimum Gasteiger partial charge on any atom is -0.343 e. The maximum Gasteiger partial charge on any atom is 0.243 e. The van der Waals surface area contributed by atoms with Gasteiger partial charge in [-0.2, -0.15) is 4.31 Å². The molecular weight excluding hydrogens is 390 g/mol. The van der Waals surface area contributed by atoms with Crippen LogP contribution in [0.3, 0.4) is 0 Å². The van der Waals surface area contributed by atoms with Crippen LogP contribution in [-0.2, 0) is 32.5 Å². The molecule has 1 aromatic carbocycles. The highest BCUT2D eigenvalue weighted by molar-refractivity contribution is 7.89. The van der Waals surface area contributed by atoms with Gasteiger partial charge >= 0.3 is 0 Å². The molecule has 158 valence electrons. The smallest absolute Gasteiger partial charge is 0.243 e. The number of benzene rings is 1. The van der Waals surface area contributed by atoms with Crippen molar-refractivity contribution in [3.8, 4) is 0 Å². The number of aryl methyl sites for hydroxylation is 2. The summed E-state index contributed by atoms with van der Waals surface area (Å²) in [4.78, 5) is 28.2. The van der Waals surface area contributed by atoms with E-state index < -0.39 is 10.0 Å². The molecule has 2 amide bonds. The molecule has 2 heterocycles. The van der Waals surface area contributed by atoms with Crippen molar-refractivity contribution in [2.24, 2.45) is 5.92 Å². The topological polar surface area (TPSA) is 78.0 Å². The Balaban J connectivity index is 1.35. The Kier molecular flexibility index (Phi) is 5.66. The molecule has 1 aliphatic carbocycles. The number of carbonyl (C=O) groups is 2. The van der Waals surface area contributed by atoms with Crippen molar-refractivity contribution in [3.05, 3.63) is 29.3 Å². The predicted octanol–water partition coefficient (Wildman–Crippen LogP) is 1.27. The van der Waals surface area contributed by atoms with Crippen molar-refractivity contribution >= 4 is 21.8 Å². The second-order valence-electron chi connectivity index (χ2n) is 8.29. The predicted molar refractivity (Wildman–Crippen MR) is 109 cm³/mol. The van der Waals surface area contributed by atoms with Crippen molar-refractivity contribution in [1.82, 2.24) is 14.1 Å². The van der Waals surface area contributed by atoms with E-state index in [1.165, 1.54) is 9.87 Å². The van der Waals surface area contributed by atoms with Gasteiger partial charge in [0.05, 0.1) is 4.90 Å². The normalized spacial score (nSPS) is 21.3. The number of amides is 2. The van der Waals surface area contributed by atoms with Crippen LogP contribution in [0.25, 0.3) is 0 Å². The molecule has 0 atom stereocenters. The number of fused-ring (bicyclic) bond motifs is 1. The first-order valence-corrected chi connectivity index (χ1v) is 12.0. The largest absolute Gasteiger partial charge is 0.343 e. The van der Waals surface area contributed by atoms with Crippen molar-refractivity contribution in [2.45, 2.75) is 43.9 Å². The number of hydrogen-bond acceptors (Lipinski definition) is 4. The third-order valence-corrected chi connectivity index (χ3v) is 8.44. The highest BCUT2D eigenvalue weighted by Crippen LogP contribution is 2.27. The zero-order chi connectivity index (χ0) is 20.6. The van der Waals surface area contributed by atoms with Gasteiger partial charge in [-0.3, -0.25) is 9.59 Å². The van der Waals surface area contributed by atoms with E-state index in [2.05, 4.69) is 0 Å². The quantitative estimate of drug-likeness (QED) is 0.739. The highest BCUT2D eigenvalue weighted by atomic mass is 32.2. The van der Waals surface area contributed by atoms with E-state index in [0.717, 1.165) is 24.8 Å². The second kappa shape index (κ2) is 8.07. The van der Waals surface area contributed by atoms with Gasteiger partial charge in [0.2, 0.25) is 21.8 Å². The third-order valence-electron chi connectivity index (χ3n) is 6.55. The second-order valence-corrected chi connectivity index (χ2v) is 10.2. The van der Waals surface area contributed by atoms with Crippen LogP contribution in [0.2, 0.25) is 0 Å². The van der Waals surface area contributed by atoms with Crippen LogP contribution in [-0.4, -0.2) is 73.6 Å². The van der Waals surface area contributed by atoms with E-state index in [-0.39, 0.29) is 17.7 Å². The molecule has 1 aromatic rings. The summed E-state index contributed by atoms with van der Waals surface area (Å²) in [6.07, 6.45) is 4.44. The fourth-order valence-electron chi connectivity index (χ4n) is 4.71. The monoisotopic (exact) mass is 419 g/mol. The van der Waals surface area contributed by atoms with Gasteiger partial charge in [0.1, 0.15) is 0 Å². The number of carbonyl (C=O) groups excluding carboxylic acids is 2. The van der Waals surface area contributed by atoms with E-state index in [1.54, 1.807) is 22.8 Å². The van der Waals surface area contributed by atoms with Crippen LogP contribution in [0.15, 0.2) is 23.1 Å². The number of piperidine rings is 1. The van der Waals surface area contributed by atoms with Crippen molar-refractivity contribution in [3.63, 3.8) is 0 Å². The van der Waals surface area contributed by atoms with Gasteiger partial charge in [-0.05, 0) is 55.4 Å². The Labute approximate surface area is 172 Å². The molecule has 8 heteroatoms. The van der Waals surface area contributed by atoms with Crippen LogP contribution in [0, 0.1) is 5.92 Å². The standard InChI is InChI=1S/C21H29N3O4S/c1-16(25)22-9-7-18(8-10-22)21(26)23-11-13-24(14-12-23)29(27,28)20-6-5-17-3-2-4-19(17)15-20/h5-6,15,18H,2-4,7-14H2,1H3. The lowest BCUT2D eigenvalue weighted by molar-refractivity contribution is -0.141. The Morgan fingerprint density at radius 3 is 2.21 bits per heavy atom. The molecule has 0 radical (unpaired) electrons. The zero-order valence-electron chi connectivity index (χ0n) is 17.0. The minimum absolute atomic E-state index is 0.0567. The average Bonchev–Trinajstić information content (AvgIpc) is 3.21. The summed E-state index contributed by atoms with van der Waals surface area (Å²) in [5.41, 5.74) is 2.41. The third kappa shape index (κ3) is 4.05. The first kappa shape index (κ1) is 20.3. The number of rotatable bonds is 3. The number of piperazine rings is 1. The summed E-state index contributed by atoms with van der Waals surface area (Å²) in [5, 5.41) is 0. The van der Waals surface area contributed by atoms with Crippen molar-refractivity contribution in [1.29, 1.82) is 0 Å². The van der Waals surface area contributed by atoms with Gasteiger partial charge in [-0.25, -0.2) is 8.42 Å². The maximum atomic E-state index is 13.1. The number of sulfonamides is 1. The molecule has 7 nitrogen and oxygen atoms in total. The lowest BCUT2D eigenvalue weighted by Crippen LogP contribution is -2.53. The Morgan fingerprint density at radius 1 is 0.897 bits per heavy atom. The molecular formula is C21H29N3O4S. The molecule has 0 bridgehead atoms. The zero-order valence-corrected chi connectivity index (χ0v) is 17.8. The van der Waals surface area contributed by atoms with Gasteiger partial charge in [0.15, 0.2) is 0 Å². The molecule has 2 saturated heterocycles. The van der Waals surface area contributed by atoms with Crippen LogP contribution < -0.4 is 0 Å². The van der Waals surface area contributed by atoms with Gasteiger partial charge in [-0.1, -0.05) is 6.07 Å². The summed E-state index contributed by atoms with van der Waals surface area (Å²) in [7, 11) is -3.52. The average molecular weight is 420 g/mol. The van der Waals surface area contributed by atoms with Gasteiger partial charge in [0.25, 0.3) is 0 Å². The highest BCUT2D eigenvalue weighted by Gasteiger charge is 2.34. The summed E-state index contributed by atoms with van der Waals surface area (Å²) < 4.78 is 27.6. The number of hydrogen-bond donors (Lipinski definition) is 0. The van der Waals surface area contributed by atoms with Crippen LogP contribution in [0.5, 0.6) is 0 Å². The number of nitrogens with zero attached hydrogens (tertiary/aromatic N) is 3. The molecule has 2 fully saturated rings. The Morgan fingerprint density at radius 2 is 1.55 bits per heavy atom. The van der Waals surface area contributed by atoms with E-state index >= 15 is 0 Å². The van der Waals surface area contributed by atoms with Gasteiger partial charge in [0, 0.05) is 52.1 Å². The summed E-state index contributed by atoms with van der Waals surface area (Å²) in [5.74, 6) is 0.0922. The summed E-state index contributed by atoms with van der Waals surface area (Å²) in [6.45, 7) is 4.32. The maximum absolute atomic E-state index is 13.1. The lowest BCUT2D eigenvalue weighted by Gasteiger charge is -2.38. The van der Waals surface area contributed by atoms with E-state index in [0.29, 0.717) is 57.0 Å². The van der Waals surface area contributed by atoms with E-state index in [9.17, 15) is 18.0 Å². The summed E-state index contributed by atoms with van der Waals surface area (Å²) in [6, 6.07) is 5.50. The molecule has 0 spiro atoms. The molecule has 0 aromatic heterocycles. The van der Waals surface area contributed by atoms with Crippen LogP contribution >= 0.6 is 0 Å². The van der Waals surface area contributed by atoms with Crippen LogP contribution in [0.4, 0.5) is 0 Å². The van der Waals surface area contributed by atoms with Gasteiger partial charge in [-0.15, -0.1) is 0 Å². The SMILES string of the molecule is CC(=O)N1CCC(C(=O)N2CCN(S(=O)(=O)c3ccc4c(c3)CCC4)CC2)CC1. The fraction of sp³-hybridized carbons (Fsp3) is 0.619. The number of likely N-dealkylation sites (tertiary alicyclic amines) is 1. The van der Waals surface area contributed by atoms with Crippen LogP contribution in [0.1, 0.15) is 37.3 Å². The van der Waals surface area contributed by atoms with Crippen molar-refractivity contribution < 1.29 is 18.0 Å². The molecule has 0 saturated carbocycles. The Bertz CT molecular complexity index is 899. The minimum atomic E-state index is -3.52. The van der Waals surface area contributed by atoms with Gasteiger partial charge < -0.3 is 9.80 Å². The molecule has 3 aliphatic rings. The molecule has 29 heavy (non-hydrogen) atoms.